The first-order chi connectivity index (χ1) is 16.0. The summed E-state index contributed by atoms with van der Waals surface area (Å²) in [6, 6.07) is 5.67. The molecule has 12 heteroatoms. The zero-order chi connectivity index (χ0) is 25.0. The maximum atomic E-state index is 12.9. The minimum Gasteiger partial charge on any atom is -0.450 e. The first-order valence-corrected chi connectivity index (χ1v) is 10.5. The van der Waals surface area contributed by atoms with Gasteiger partial charge in [0, 0.05) is 25.0 Å². The van der Waals surface area contributed by atoms with Crippen LogP contribution >= 0.6 is 0 Å². The van der Waals surface area contributed by atoms with Gasteiger partial charge in [-0.3, -0.25) is 0 Å². The molecular weight excluding hydrogens is 453 g/mol. The van der Waals surface area contributed by atoms with Gasteiger partial charge in [-0.2, -0.15) is 18.3 Å². The van der Waals surface area contributed by atoms with Crippen LogP contribution in [0.5, 0.6) is 0 Å². The number of nitrogens with one attached hydrogen (secondary N) is 1. The number of hydrogen-bond acceptors (Lipinski definition) is 6. The number of likely N-dealkylation sites (N-methyl/N-ethyl adjacent to an activating group) is 1. The van der Waals surface area contributed by atoms with Crippen molar-refractivity contribution in [3.8, 4) is 0 Å². The number of carbonyl (C=O) groups is 2. The molecule has 0 spiro atoms. The molecule has 0 fully saturated rings. The number of alkyl halides is 3. The van der Waals surface area contributed by atoms with Gasteiger partial charge >= 0.3 is 18.3 Å². The number of hydrogen-bond donors (Lipinski definition) is 1. The number of hydrazone groups is 1. The molecule has 3 amide bonds. The summed E-state index contributed by atoms with van der Waals surface area (Å²) in [7, 11) is 1.57. The van der Waals surface area contributed by atoms with E-state index in [1.165, 1.54) is 9.91 Å². The van der Waals surface area contributed by atoms with Gasteiger partial charge in [0.2, 0.25) is 5.82 Å². The maximum Gasteiger partial charge on any atom is 0.451 e. The van der Waals surface area contributed by atoms with Gasteiger partial charge in [-0.15, -0.1) is 0 Å². The summed E-state index contributed by atoms with van der Waals surface area (Å²) in [5.74, 6) is -1.26. The van der Waals surface area contributed by atoms with Gasteiger partial charge in [0.25, 0.3) is 0 Å². The first-order valence-electron chi connectivity index (χ1n) is 10.5. The summed E-state index contributed by atoms with van der Waals surface area (Å²) in [4.78, 5) is 33.3. The number of urea groups is 1. The van der Waals surface area contributed by atoms with Crippen LogP contribution in [0, 0.1) is 6.92 Å². The molecule has 1 unspecified atom stereocenters. The Kier molecular flexibility index (Phi) is 7.38. The van der Waals surface area contributed by atoms with E-state index in [9.17, 15) is 22.8 Å². The van der Waals surface area contributed by atoms with Crippen molar-refractivity contribution in [2.75, 3.05) is 20.2 Å². The number of rotatable bonds is 5. The summed E-state index contributed by atoms with van der Waals surface area (Å²) >= 11 is 0. The van der Waals surface area contributed by atoms with Crippen LogP contribution in [-0.4, -0.2) is 64.0 Å². The average molecular weight is 478 g/mol. The van der Waals surface area contributed by atoms with Crippen molar-refractivity contribution in [3.05, 3.63) is 59.2 Å². The van der Waals surface area contributed by atoms with Gasteiger partial charge in [0.05, 0.1) is 30.9 Å². The molecule has 1 aromatic carbocycles. The van der Waals surface area contributed by atoms with Crippen molar-refractivity contribution in [1.82, 2.24) is 25.2 Å². The van der Waals surface area contributed by atoms with Crippen LogP contribution < -0.4 is 5.32 Å². The van der Waals surface area contributed by atoms with E-state index in [0.717, 1.165) is 23.5 Å². The summed E-state index contributed by atoms with van der Waals surface area (Å²) in [5, 5.41) is 8.29. The van der Waals surface area contributed by atoms with E-state index in [-0.39, 0.29) is 13.2 Å². The number of benzene rings is 1. The zero-order valence-electron chi connectivity index (χ0n) is 19.1. The molecule has 34 heavy (non-hydrogen) atoms. The van der Waals surface area contributed by atoms with Crippen molar-refractivity contribution in [2.24, 2.45) is 5.10 Å². The fourth-order valence-electron chi connectivity index (χ4n) is 3.30. The lowest BCUT2D eigenvalue weighted by atomic mass is 10.0. The molecule has 0 bridgehead atoms. The van der Waals surface area contributed by atoms with Crippen molar-refractivity contribution < 1.29 is 27.5 Å². The average Bonchev–Trinajstić information content (AvgIpc) is 3.24. The van der Waals surface area contributed by atoms with E-state index in [2.05, 4.69) is 20.4 Å². The lowest BCUT2D eigenvalue weighted by molar-refractivity contribution is -0.145. The highest BCUT2D eigenvalue weighted by molar-refractivity contribution is 6.07. The molecule has 2 atom stereocenters. The van der Waals surface area contributed by atoms with Crippen LogP contribution in [0.25, 0.3) is 0 Å². The minimum absolute atomic E-state index is 0.0700. The van der Waals surface area contributed by atoms with Crippen LogP contribution in [0.4, 0.5) is 22.8 Å². The van der Waals surface area contributed by atoms with Crippen molar-refractivity contribution in [3.63, 3.8) is 0 Å². The predicted octanol–water partition coefficient (Wildman–Crippen LogP) is 3.75. The Morgan fingerprint density at radius 1 is 1.24 bits per heavy atom. The Morgan fingerprint density at radius 2 is 1.85 bits per heavy atom. The summed E-state index contributed by atoms with van der Waals surface area (Å²) in [6.45, 7) is 5.49. The van der Waals surface area contributed by atoms with Gasteiger partial charge in [-0.1, -0.05) is 29.8 Å². The Bertz CT molecular complexity index is 1060. The molecule has 1 N–H and O–H groups in total. The van der Waals surface area contributed by atoms with E-state index < -0.39 is 36.2 Å². The number of nitrogens with zero attached hydrogens (tertiary/aromatic N) is 5. The number of ether oxygens (including phenoxy) is 1. The predicted molar refractivity (Wildman–Crippen MR) is 117 cm³/mol. The molecule has 1 aliphatic rings. The normalized spacial score (nSPS) is 16.6. The Balaban J connectivity index is 1.79. The first kappa shape index (κ1) is 24.9. The highest BCUT2D eigenvalue weighted by Gasteiger charge is 2.37. The molecule has 1 aromatic heterocycles. The van der Waals surface area contributed by atoms with E-state index in [1.807, 2.05) is 31.2 Å². The third-order valence-corrected chi connectivity index (χ3v) is 5.26. The molecule has 0 aliphatic carbocycles. The minimum atomic E-state index is -4.65. The second-order valence-corrected chi connectivity index (χ2v) is 7.77. The Hall–Kier alpha value is -3.70. The lowest BCUT2D eigenvalue weighted by Crippen LogP contribution is -2.46. The van der Waals surface area contributed by atoms with Crippen LogP contribution in [-0.2, 0) is 10.9 Å². The molecule has 9 nitrogen and oxygen atoms in total. The standard InChI is InChI=1S/C22H25F3N6O3/c1-5-34-21(33)30(4)17-12-31(29-18(17)15-8-6-13(2)7-9-15)20(32)28-14(3)16-10-26-19(27-11-16)22(23,24)25/h6-11,14,17H,5,12H2,1-4H3,(H,28,32)/t14-,17?/m1/s1. The van der Waals surface area contributed by atoms with Gasteiger partial charge in [0.15, 0.2) is 0 Å². The molecule has 1 aliphatic heterocycles. The van der Waals surface area contributed by atoms with Crippen LogP contribution in [0.15, 0.2) is 41.8 Å². The fraction of sp³-hybridized carbons (Fsp3) is 0.409. The van der Waals surface area contributed by atoms with Gasteiger partial charge in [-0.05, 0) is 26.3 Å². The van der Waals surface area contributed by atoms with E-state index in [1.54, 1.807) is 20.9 Å². The fourth-order valence-corrected chi connectivity index (χ4v) is 3.30. The largest absolute Gasteiger partial charge is 0.451 e. The molecule has 3 rings (SSSR count). The number of halogens is 3. The number of carbonyl (C=O) groups excluding carboxylic acids is 2. The number of amides is 3. The monoisotopic (exact) mass is 478 g/mol. The lowest BCUT2D eigenvalue weighted by Gasteiger charge is -2.25. The number of aromatic nitrogens is 2. The topological polar surface area (TPSA) is 100 Å². The summed E-state index contributed by atoms with van der Waals surface area (Å²) < 4.78 is 43.2. The smallest absolute Gasteiger partial charge is 0.450 e. The summed E-state index contributed by atoms with van der Waals surface area (Å²) in [6.07, 6.45) is -3.17. The molecule has 0 saturated heterocycles. The Labute approximate surface area is 194 Å². The third-order valence-electron chi connectivity index (χ3n) is 5.26. The van der Waals surface area contributed by atoms with Crippen molar-refractivity contribution in [1.29, 1.82) is 0 Å². The third kappa shape index (κ3) is 5.61. The zero-order valence-corrected chi connectivity index (χ0v) is 19.1. The van der Waals surface area contributed by atoms with Crippen molar-refractivity contribution in [2.45, 2.75) is 39.0 Å². The summed E-state index contributed by atoms with van der Waals surface area (Å²) in [5.41, 5.74) is 2.59. The Morgan fingerprint density at radius 3 is 2.41 bits per heavy atom. The van der Waals surface area contributed by atoms with Gasteiger partial charge in [-0.25, -0.2) is 24.6 Å². The SMILES string of the molecule is CCOC(=O)N(C)C1CN(C(=O)N[C@H](C)c2cnc(C(F)(F)F)nc2)N=C1c1ccc(C)cc1. The molecule has 2 heterocycles. The molecular formula is C22H25F3N6O3. The second kappa shape index (κ2) is 10.1. The molecule has 0 saturated carbocycles. The quantitative estimate of drug-likeness (QED) is 0.706. The highest BCUT2D eigenvalue weighted by atomic mass is 19.4. The van der Waals surface area contributed by atoms with Crippen LogP contribution in [0.2, 0.25) is 0 Å². The molecule has 182 valence electrons. The van der Waals surface area contributed by atoms with E-state index in [4.69, 9.17) is 4.74 Å². The molecule has 2 aromatic rings. The van der Waals surface area contributed by atoms with Gasteiger partial charge in [0.1, 0.15) is 0 Å². The van der Waals surface area contributed by atoms with E-state index >= 15 is 0 Å². The highest BCUT2D eigenvalue weighted by Crippen LogP contribution is 2.26. The molecule has 0 radical (unpaired) electrons. The van der Waals surface area contributed by atoms with Crippen LogP contribution in [0.3, 0.4) is 0 Å². The van der Waals surface area contributed by atoms with Crippen molar-refractivity contribution >= 4 is 17.8 Å². The van der Waals surface area contributed by atoms with Crippen LogP contribution in [0.1, 0.15) is 42.4 Å². The van der Waals surface area contributed by atoms with Gasteiger partial charge < -0.3 is 15.0 Å². The van der Waals surface area contributed by atoms with E-state index in [0.29, 0.717) is 11.3 Å². The second-order valence-electron chi connectivity index (χ2n) is 7.77. The number of aryl methyl sites for hydroxylation is 1. The maximum absolute atomic E-state index is 12.9.